The number of hydrogen-bond acceptors (Lipinski definition) is 4. The third-order valence-corrected chi connectivity index (χ3v) is 4.85. The van der Waals surface area contributed by atoms with Gasteiger partial charge in [-0.1, -0.05) is 23.7 Å². The number of carbonyl (C=O) groups excluding carboxylic acids is 3. The van der Waals surface area contributed by atoms with E-state index in [1.54, 1.807) is 60.5 Å². The molecule has 0 aromatic heterocycles. The zero-order chi connectivity index (χ0) is 21.0. The number of benzene rings is 2. The normalized spacial score (nSPS) is 15.8. The van der Waals surface area contributed by atoms with Gasteiger partial charge in [0.25, 0.3) is 5.91 Å². The summed E-state index contributed by atoms with van der Waals surface area (Å²) in [5.74, 6) is -0.245. The first-order valence-corrected chi connectivity index (χ1v) is 9.56. The SMILES string of the molecule is CC1CC(=O)Nc2ccccc2N1C(=O)CN(C)C(=O)COc1ccc(Cl)cc1. The van der Waals surface area contributed by atoms with E-state index in [0.717, 1.165) is 0 Å². The second-order valence-electron chi connectivity index (χ2n) is 6.87. The Bertz CT molecular complexity index is 916. The van der Waals surface area contributed by atoms with E-state index in [-0.39, 0.29) is 43.3 Å². The molecule has 2 aromatic rings. The van der Waals surface area contributed by atoms with E-state index in [9.17, 15) is 14.4 Å². The minimum absolute atomic E-state index is 0.129. The molecule has 1 aliphatic heterocycles. The predicted molar refractivity (Wildman–Crippen MR) is 111 cm³/mol. The molecule has 0 saturated carbocycles. The monoisotopic (exact) mass is 415 g/mol. The predicted octanol–water partition coefficient (Wildman–Crippen LogP) is 2.94. The second kappa shape index (κ2) is 8.96. The number of amides is 3. The number of likely N-dealkylation sites (N-methyl/N-ethyl adjacent to an activating group) is 1. The van der Waals surface area contributed by atoms with Crippen LogP contribution < -0.4 is 15.0 Å². The van der Waals surface area contributed by atoms with Crippen molar-refractivity contribution < 1.29 is 19.1 Å². The van der Waals surface area contributed by atoms with E-state index >= 15 is 0 Å². The molecule has 0 radical (unpaired) electrons. The smallest absolute Gasteiger partial charge is 0.260 e. The molecule has 0 fully saturated rings. The standard InChI is InChI=1S/C21H22ClN3O4/c1-14-11-19(26)23-17-5-3-4-6-18(17)25(14)20(27)12-24(2)21(28)13-29-16-9-7-15(22)8-10-16/h3-10,14H,11-13H2,1-2H3,(H,23,26). The van der Waals surface area contributed by atoms with E-state index in [0.29, 0.717) is 22.1 Å². The van der Waals surface area contributed by atoms with Crippen LogP contribution in [0.4, 0.5) is 11.4 Å². The molecular weight excluding hydrogens is 394 g/mol. The summed E-state index contributed by atoms with van der Waals surface area (Å²) in [6.07, 6.45) is 0.178. The topological polar surface area (TPSA) is 79.0 Å². The highest BCUT2D eigenvalue weighted by atomic mass is 35.5. The lowest BCUT2D eigenvalue weighted by Gasteiger charge is -2.29. The van der Waals surface area contributed by atoms with Crippen molar-refractivity contribution in [2.45, 2.75) is 19.4 Å². The number of nitrogens with one attached hydrogen (secondary N) is 1. The Morgan fingerprint density at radius 3 is 2.62 bits per heavy atom. The molecule has 0 spiro atoms. The van der Waals surface area contributed by atoms with Gasteiger partial charge in [0.1, 0.15) is 5.75 Å². The molecule has 1 aliphatic rings. The number of carbonyl (C=O) groups is 3. The van der Waals surface area contributed by atoms with Crippen molar-refractivity contribution in [1.82, 2.24) is 4.90 Å². The van der Waals surface area contributed by atoms with Crippen LogP contribution >= 0.6 is 11.6 Å². The Balaban J connectivity index is 1.65. The van der Waals surface area contributed by atoms with Gasteiger partial charge in [0.15, 0.2) is 6.61 Å². The maximum Gasteiger partial charge on any atom is 0.260 e. The number of nitrogens with zero attached hydrogens (tertiary/aromatic N) is 2. The average molecular weight is 416 g/mol. The van der Waals surface area contributed by atoms with E-state index in [1.807, 2.05) is 6.92 Å². The van der Waals surface area contributed by atoms with Crippen LogP contribution in [0.3, 0.4) is 0 Å². The third-order valence-electron chi connectivity index (χ3n) is 4.60. The summed E-state index contributed by atoms with van der Waals surface area (Å²) in [5, 5.41) is 3.39. The molecule has 1 unspecified atom stereocenters. The van der Waals surface area contributed by atoms with Crippen molar-refractivity contribution in [1.29, 1.82) is 0 Å². The Hall–Kier alpha value is -3.06. The van der Waals surface area contributed by atoms with Crippen LogP contribution in [0.2, 0.25) is 5.02 Å². The van der Waals surface area contributed by atoms with Crippen molar-refractivity contribution in [2.75, 3.05) is 30.4 Å². The number of ether oxygens (including phenoxy) is 1. The van der Waals surface area contributed by atoms with Gasteiger partial charge in [0.2, 0.25) is 11.8 Å². The Morgan fingerprint density at radius 2 is 1.90 bits per heavy atom. The van der Waals surface area contributed by atoms with Crippen molar-refractivity contribution >= 4 is 40.7 Å². The average Bonchev–Trinajstić information content (AvgIpc) is 2.81. The lowest BCUT2D eigenvalue weighted by Crippen LogP contribution is -2.46. The first-order valence-electron chi connectivity index (χ1n) is 9.18. The Kier molecular flexibility index (Phi) is 6.39. The van der Waals surface area contributed by atoms with E-state index < -0.39 is 0 Å². The quantitative estimate of drug-likeness (QED) is 0.814. The first-order chi connectivity index (χ1) is 13.8. The number of fused-ring (bicyclic) bond motifs is 1. The molecule has 0 bridgehead atoms. The maximum atomic E-state index is 13.0. The number of anilines is 2. The summed E-state index contributed by atoms with van der Waals surface area (Å²) in [6.45, 7) is 1.48. The maximum absolute atomic E-state index is 13.0. The van der Waals surface area contributed by atoms with Gasteiger partial charge in [-0.05, 0) is 43.3 Å². The van der Waals surface area contributed by atoms with Crippen LogP contribution in [0.15, 0.2) is 48.5 Å². The summed E-state index contributed by atoms with van der Waals surface area (Å²) >= 11 is 5.83. The van der Waals surface area contributed by atoms with Gasteiger partial charge in [-0.15, -0.1) is 0 Å². The first kappa shape index (κ1) is 20.7. The molecule has 1 heterocycles. The highest BCUT2D eigenvalue weighted by Gasteiger charge is 2.30. The number of rotatable bonds is 5. The highest BCUT2D eigenvalue weighted by molar-refractivity contribution is 6.30. The van der Waals surface area contributed by atoms with Crippen LogP contribution in [0.5, 0.6) is 5.75 Å². The van der Waals surface area contributed by atoms with Crippen LogP contribution in [0.25, 0.3) is 0 Å². The van der Waals surface area contributed by atoms with Gasteiger partial charge in [0, 0.05) is 24.5 Å². The molecule has 0 aliphatic carbocycles. The highest BCUT2D eigenvalue weighted by Crippen LogP contribution is 2.31. The molecule has 29 heavy (non-hydrogen) atoms. The summed E-state index contributed by atoms with van der Waals surface area (Å²) < 4.78 is 5.45. The minimum Gasteiger partial charge on any atom is -0.484 e. The van der Waals surface area contributed by atoms with E-state index in [1.165, 1.54) is 4.90 Å². The fraction of sp³-hybridized carbons (Fsp3) is 0.286. The van der Waals surface area contributed by atoms with Gasteiger partial charge in [-0.3, -0.25) is 14.4 Å². The lowest BCUT2D eigenvalue weighted by molar-refractivity contribution is -0.135. The van der Waals surface area contributed by atoms with Crippen LogP contribution in [-0.2, 0) is 14.4 Å². The Morgan fingerprint density at radius 1 is 1.21 bits per heavy atom. The number of halogens is 1. The zero-order valence-electron chi connectivity index (χ0n) is 16.2. The van der Waals surface area contributed by atoms with Gasteiger partial charge >= 0.3 is 0 Å². The molecule has 7 nitrogen and oxygen atoms in total. The van der Waals surface area contributed by atoms with Gasteiger partial charge < -0.3 is 19.9 Å². The third kappa shape index (κ3) is 5.06. The lowest BCUT2D eigenvalue weighted by atomic mass is 10.1. The number of hydrogen-bond donors (Lipinski definition) is 1. The summed E-state index contributed by atoms with van der Waals surface area (Å²) in [7, 11) is 1.54. The van der Waals surface area contributed by atoms with Crippen LogP contribution in [0.1, 0.15) is 13.3 Å². The van der Waals surface area contributed by atoms with Crippen LogP contribution in [-0.4, -0.2) is 48.9 Å². The van der Waals surface area contributed by atoms with Crippen molar-refractivity contribution in [3.63, 3.8) is 0 Å². The van der Waals surface area contributed by atoms with Gasteiger partial charge in [0.05, 0.1) is 17.9 Å². The molecular formula is C21H22ClN3O4. The zero-order valence-corrected chi connectivity index (χ0v) is 17.0. The van der Waals surface area contributed by atoms with Gasteiger partial charge in [-0.2, -0.15) is 0 Å². The number of para-hydroxylation sites is 2. The largest absolute Gasteiger partial charge is 0.484 e. The molecule has 1 N–H and O–H groups in total. The molecule has 3 amide bonds. The van der Waals surface area contributed by atoms with Crippen molar-refractivity contribution in [3.8, 4) is 5.75 Å². The van der Waals surface area contributed by atoms with Crippen molar-refractivity contribution in [3.05, 3.63) is 53.6 Å². The van der Waals surface area contributed by atoms with Gasteiger partial charge in [-0.25, -0.2) is 0 Å². The molecule has 0 saturated heterocycles. The summed E-state index contributed by atoms with van der Waals surface area (Å²) in [6, 6.07) is 13.5. The summed E-state index contributed by atoms with van der Waals surface area (Å²) in [4.78, 5) is 40.3. The van der Waals surface area contributed by atoms with Crippen molar-refractivity contribution in [2.24, 2.45) is 0 Å². The molecule has 3 rings (SSSR count). The fourth-order valence-corrected chi connectivity index (χ4v) is 3.25. The van der Waals surface area contributed by atoms with E-state index in [2.05, 4.69) is 5.32 Å². The van der Waals surface area contributed by atoms with E-state index in [4.69, 9.17) is 16.3 Å². The molecule has 2 aromatic carbocycles. The Labute approximate surface area is 174 Å². The minimum atomic E-state index is -0.335. The van der Waals surface area contributed by atoms with Crippen LogP contribution in [0, 0.1) is 0 Å². The summed E-state index contributed by atoms with van der Waals surface area (Å²) in [5.41, 5.74) is 1.20. The second-order valence-corrected chi connectivity index (χ2v) is 7.31. The molecule has 8 heteroatoms. The molecule has 1 atom stereocenters. The molecule has 152 valence electrons. The fourth-order valence-electron chi connectivity index (χ4n) is 3.12.